The number of thiophene rings is 2. The highest BCUT2D eigenvalue weighted by molar-refractivity contribution is 7.99. The Labute approximate surface area is 238 Å². The molecule has 206 valence electrons. The molecule has 4 aromatic rings. The Morgan fingerprint density at radius 1 is 1.08 bits per heavy atom. The molecule has 0 bridgehead atoms. The summed E-state index contributed by atoms with van der Waals surface area (Å²) in [6, 6.07) is 4.22. The molecule has 13 heteroatoms. The second-order valence-electron chi connectivity index (χ2n) is 10.0. The number of benzene rings is 1. The average Bonchev–Trinajstić information content (AvgIpc) is 3.42. The van der Waals surface area contributed by atoms with E-state index >= 15 is 0 Å². The van der Waals surface area contributed by atoms with Crippen LogP contribution in [0.25, 0.3) is 21.3 Å². The fraction of sp³-hybridized carbons (Fsp3) is 0.385. The molecule has 5 heterocycles. The number of piperazine rings is 1. The summed E-state index contributed by atoms with van der Waals surface area (Å²) in [6.07, 6.45) is -4.66. The smallest absolute Gasteiger partial charge is 0.353 e. The lowest BCUT2D eigenvalue weighted by Crippen LogP contribution is -2.55. The summed E-state index contributed by atoms with van der Waals surface area (Å²) in [4.78, 5) is 21.4. The molecule has 1 saturated heterocycles. The van der Waals surface area contributed by atoms with E-state index in [1.54, 1.807) is 5.38 Å². The summed E-state index contributed by atoms with van der Waals surface area (Å²) in [5.41, 5.74) is -0.874. The number of hydrogen-bond donors (Lipinski definition) is 1. The van der Waals surface area contributed by atoms with Crippen molar-refractivity contribution < 1.29 is 17.6 Å². The Morgan fingerprint density at radius 2 is 1.82 bits per heavy atom. The first-order chi connectivity index (χ1) is 18.5. The standard InChI is InChI=1S/C26H23ClF4N4OS3/c1-12-6-34(7-13(2)32-12)24-17-5-18(26(29,30)31)21(20-3-15(27)10-37-20)23-22(17)35(25(36)33-24)8-14(9-39-23)19-4-16(28)11-38-19/h3-5,10-14,32H,6-9H2,1-2H3/t12-,13+,14-/m0/s1. The fourth-order valence-corrected chi connectivity index (χ4v) is 9.06. The molecule has 0 unspecified atom stereocenters. The number of thioether (sulfide) groups is 1. The Morgan fingerprint density at radius 3 is 2.44 bits per heavy atom. The van der Waals surface area contributed by atoms with Gasteiger partial charge in [0.2, 0.25) is 0 Å². The number of halogens is 5. The van der Waals surface area contributed by atoms with Gasteiger partial charge in [0.1, 0.15) is 11.6 Å². The first-order valence-corrected chi connectivity index (χ1v) is 15.4. The topological polar surface area (TPSA) is 50.2 Å². The second kappa shape index (κ2) is 10.1. The summed E-state index contributed by atoms with van der Waals surface area (Å²) in [7, 11) is 0. The van der Waals surface area contributed by atoms with Gasteiger partial charge in [-0.2, -0.15) is 18.2 Å². The fourth-order valence-electron chi connectivity index (χ4n) is 5.53. The van der Waals surface area contributed by atoms with Crippen LogP contribution in [0.3, 0.4) is 0 Å². The van der Waals surface area contributed by atoms with Crippen molar-refractivity contribution in [3.63, 3.8) is 0 Å². The Bertz CT molecular complexity index is 1620. The first-order valence-electron chi connectivity index (χ1n) is 12.3. The number of alkyl halides is 3. The second-order valence-corrected chi connectivity index (χ2v) is 13.3. The van der Waals surface area contributed by atoms with Crippen molar-refractivity contribution in [1.29, 1.82) is 0 Å². The van der Waals surface area contributed by atoms with Gasteiger partial charge in [0.05, 0.1) is 16.1 Å². The third-order valence-electron chi connectivity index (χ3n) is 7.00. The maximum Gasteiger partial charge on any atom is 0.417 e. The van der Waals surface area contributed by atoms with Crippen LogP contribution in [0, 0.1) is 5.82 Å². The first kappa shape index (κ1) is 27.1. The molecule has 0 amide bonds. The molecule has 5 nitrogen and oxygen atoms in total. The molecule has 1 fully saturated rings. The monoisotopic (exact) mass is 614 g/mol. The van der Waals surface area contributed by atoms with Gasteiger partial charge in [0.15, 0.2) is 0 Å². The molecule has 0 radical (unpaired) electrons. The van der Waals surface area contributed by atoms with Gasteiger partial charge in [-0.3, -0.25) is 4.57 Å². The normalized spacial score (nSPS) is 21.9. The quantitative estimate of drug-likeness (QED) is 0.250. The van der Waals surface area contributed by atoms with Crippen molar-refractivity contribution in [2.75, 3.05) is 23.7 Å². The molecule has 1 N–H and O–H groups in total. The summed E-state index contributed by atoms with van der Waals surface area (Å²) in [6.45, 7) is 5.17. The molecule has 2 aliphatic heterocycles. The third kappa shape index (κ3) is 4.99. The third-order valence-corrected chi connectivity index (χ3v) is 10.6. The number of aromatic nitrogens is 2. The molecular weight excluding hydrogens is 592 g/mol. The predicted molar refractivity (Wildman–Crippen MR) is 151 cm³/mol. The van der Waals surface area contributed by atoms with Crippen molar-refractivity contribution in [2.24, 2.45) is 0 Å². The van der Waals surface area contributed by atoms with Crippen LogP contribution in [0.2, 0.25) is 5.02 Å². The van der Waals surface area contributed by atoms with Crippen LogP contribution < -0.4 is 15.9 Å². The highest BCUT2D eigenvalue weighted by Gasteiger charge is 2.39. The molecular formula is C26H23ClF4N4OS3. The van der Waals surface area contributed by atoms with Gasteiger partial charge < -0.3 is 10.2 Å². The summed E-state index contributed by atoms with van der Waals surface area (Å²) >= 11 is 9.81. The maximum absolute atomic E-state index is 14.7. The summed E-state index contributed by atoms with van der Waals surface area (Å²) in [5, 5.41) is 7.04. The Hall–Kier alpha value is -2.12. The van der Waals surface area contributed by atoms with E-state index in [2.05, 4.69) is 10.3 Å². The SMILES string of the molecule is C[C@@H]1CN(c2nc(=O)n3c4c(c(-c5cc(Cl)cs5)c(C(F)(F)F)cc24)SC[C@@H](c2cc(F)cs2)C3)C[C@H](C)N1. The van der Waals surface area contributed by atoms with E-state index in [0.717, 1.165) is 22.3 Å². The van der Waals surface area contributed by atoms with E-state index < -0.39 is 17.4 Å². The van der Waals surface area contributed by atoms with Crippen molar-refractivity contribution >= 4 is 62.8 Å². The van der Waals surface area contributed by atoms with Gasteiger partial charge in [-0.15, -0.1) is 34.4 Å². The highest BCUT2D eigenvalue weighted by Crippen LogP contribution is 2.51. The van der Waals surface area contributed by atoms with Gasteiger partial charge in [-0.1, -0.05) is 11.6 Å². The zero-order chi connectivity index (χ0) is 27.6. The van der Waals surface area contributed by atoms with E-state index in [-0.39, 0.29) is 47.1 Å². The zero-order valence-electron chi connectivity index (χ0n) is 20.8. The minimum absolute atomic E-state index is 0.0160. The minimum Gasteiger partial charge on any atom is -0.353 e. The van der Waals surface area contributed by atoms with Crippen LogP contribution in [0.5, 0.6) is 0 Å². The minimum atomic E-state index is -4.66. The van der Waals surface area contributed by atoms with Crippen molar-refractivity contribution in [2.45, 2.75) is 49.5 Å². The van der Waals surface area contributed by atoms with E-state index in [0.29, 0.717) is 39.2 Å². The molecule has 3 atom stereocenters. The molecule has 0 aliphatic carbocycles. The Kier molecular flexibility index (Phi) is 6.98. The summed E-state index contributed by atoms with van der Waals surface area (Å²) in [5.74, 6) is -0.0161. The maximum atomic E-state index is 14.7. The van der Waals surface area contributed by atoms with Gasteiger partial charge in [-0.25, -0.2) is 9.18 Å². The zero-order valence-corrected chi connectivity index (χ0v) is 24.0. The average molecular weight is 615 g/mol. The van der Waals surface area contributed by atoms with Crippen LogP contribution in [-0.4, -0.2) is 40.5 Å². The van der Waals surface area contributed by atoms with Crippen LogP contribution in [0.4, 0.5) is 23.4 Å². The molecule has 6 rings (SSSR count). The van der Waals surface area contributed by atoms with Gasteiger partial charge in [0.25, 0.3) is 0 Å². The van der Waals surface area contributed by atoms with Crippen molar-refractivity contribution in [3.05, 3.63) is 60.7 Å². The number of rotatable bonds is 3. The molecule has 0 spiro atoms. The van der Waals surface area contributed by atoms with Gasteiger partial charge in [0, 0.05) is 79.7 Å². The lowest BCUT2D eigenvalue weighted by atomic mass is 10.0. The van der Waals surface area contributed by atoms with Crippen LogP contribution >= 0.6 is 46.0 Å². The van der Waals surface area contributed by atoms with E-state index in [1.807, 2.05) is 18.7 Å². The number of hydrogen-bond acceptors (Lipinski definition) is 7. The lowest BCUT2D eigenvalue weighted by molar-refractivity contribution is -0.137. The van der Waals surface area contributed by atoms with Gasteiger partial charge >= 0.3 is 11.9 Å². The van der Waals surface area contributed by atoms with E-state index in [9.17, 15) is 22.4 Å². The number of nitrogens with zero attached hydrogens (tertiary/aromatic N) is 3. The van der Waals surface area contributed by atoms with Crippen LogP contribution in [0.1, 0.15) is 30.2 Å². The highest BCUT2D eigenvalue weighted by atomic mass is 35.5. The largest absolute Gasteiger partial charge is 0.417 e. The lowest BCUT2D eigenvalue weighted by Gasteiger charge is -2.37. The van der Waals surface area contributed by atoms with Crippen LogP contribution in [0.15, 0.2) is 38.6 Å². The summed E-state index contributed by atoms with van der Waals surface area (Å²) < 4.78 is 59.6. The molecule has 39 heavy (non-hydrogen) atoms. The molecule has 2 aliphatic rings. The number of anilines is 1. The van der Waals surface area contributed by atoms with E-state index in [1.165, 1.54) is 45.2 Å². The molecule has 0 saturated carbocycles. The van der Waals surface area contributed by atoms with E-state index in [4.69, 9.17) is 11.6 Å². The van der Waals surface area contributed by atoms with Crippen LogP contribution in [-0.2, 0) is 12.7 Å². The molecule has 3 aromatic heterocycles. The Balaban J connectivity index is 1.67. The van der Waals surface area contributed by atoms with Crippen molar-refractivity contribution in [3.8, 4) is 10.4 Å². The number of nitrogens with one attached hydrogen (secondary N) is 1. The van der Waals surface area contributed by atoms with Crippen molar-refractivity contribution in [1.82, 2.24) is 14.9 Å². The van der Waals surface area contributed by atoms with Gasteiger partial charge in [-0.05, 0) is 32.0 Å². The molecule has 1 aromatic carbocycles. The predicted octanol–water partition coefficient (Wildman–Crippen LogP) is 7.07.